The Balaban J connectivity index is 1.66. The lowest BCUT2D eigenvalue weighted by Crippen LogP contribution is -2.62. The summed E-state index contributed by atoms with van der Waals surface area (Å²) in [7, 11) is 1.67. The number of nitrogens with one attached hydrogen (secondary N) is 1. The third-order valence-corrected chi connectivity index (χ3v) is 4.04. The molecule has 2 aliphatic rings. The molecule has 19 heavy (non-hydrogen) atoms. The molecule has 6 nitrogen and oxygen atoms in total. The van der Waals surface area contributed by atoms with Crippen molar-refractivity contribution in [2.24, 2.45) is 11.8 Å². The van der Waals surface area contributed by atoms with E-state index < -0.39 is 0 Å². The minimum atomic E-state index is -0.211. The number of hydrogen-bond donors (Lipinski definition) is 1. The van der Waals surface area contributed by atoms with Crippen molar-refractivity contribution in [3.8, 4) is 0 Å². The zero-order valence-electron chi connectivity index (χ0n) is 11.1. The van der Waals surface area contributed by atoms with Gasteiger partial charge in [0.1, 0.15) is 0 Å². The molecule has 4 atom stereocenters. The molecule has 3 rings (SSSR count). The minimum Gasteiger partial charge on any atom is -0.384 e. The average Bonchev–Trinajstić information content (AvgIpc) is 3.00. The first kappa shape index (κ1) is 12.6. The highest BCUT2D eigenvalue weighted by molar-refractivity contribution is 5.91. The number of aryl methyl sites for hydroxylation is 1. The van der Waals surface area contributed by atoms with Crippen LogP contribution in [0.25, 0.3) is 0 Å². The Morgan fingerprint density at radius 3 is 3.16 bits per heavy atom. The summed E-state index contributed by atoms with van der Waals surface area (Å²) in [6.07, 6.45) is 1.22. The summed E-state index contributed by atoms with van der Waals surface area (Å²) in [5.74, 6) is 0.673. The lowest BCUT2D eigenvalue weighted by Gasteiger charge is -2.47. The van der Waals surface area contributed by atoms with Crippen LogP contribution in [-0.4, -0.2) is 43.5 Å². The fraction of sp³-hybridized carbons (Fsp3) is 0.692. The highest BCUT2D eigenvalue weighted by Gasteiger charge is 2.54. The molecule has 6 heteroatoms. The molecular weight excluding hydrogens is 248 g/mol. The number of ether oxygens (including phenoxy) is 2. The van der Waals surface area contributed by atoms with E-state index in [9.17, 15) is 4.79 Å². The van der Waals surface area contributed by atoms with E-state index in [1.807, 2.05) is 0 Å². The summed E-state index contributed by atoms with van der Waals surface area (Å²) in [5.41, 5.74) is 0.703. The highest BCUT2D eigenvalue weighted by Crippen LogP contribution is 2.43. The van der Waals surface area contributed by atoms with Crippen LogP contribution < -0.4 is 5.32 Å². The molecular formula is C13H18N2O4. The van der Waals surface area contributed by atoms with Crippen molar-refractivity contribution in [1.29, 1.82) is 0 Å². The largest absolute Gasteiger partial charge is 0.384 e. The lowest BCUT2D eigenvalue weighted by molar-refractivity contribution is -0.0811. The SMILES string of the molecule is COC[C@H]1[C@@H](NC(=O)c2cc(C)no2)[C@@H]2CCO[C@@H]21. The maximum atomic E-state index is 12.1. The Labute approximate surface area is 111 Å². The van der Waals surface area contributed by atoms with Crippen LogP contribution >= 0.6 is 0 Å². The molecule has 1 saturated heterocycles. The maximum absolute atomic E-state index is 12.1. The predicted octanol–water partition coefficient (Wildman–Crippen LogP) is 0.763. The van der Waals surface area contributed by atoms with Gasteiger partial charge >= 0.3 is 0 Å². The first-order valence-corrected chi connectivity index (χ1v) is 6.55. The summed E-state index contributed by atoms with van der Waals surface area (Å²) in [6, 6.07) is 1.74. The molecule has 1 saturated carbocycles. The zero-order valence-corrected chi connectivity index (χ0v) is 11.1. The number of aromatic nitrogens is 1. The molecule has 0 bridgehead atoms. The van der Waals surface area contributed by atoms with E-state index in [0.29, 0.717) is 18.2 Å². The van der Waals surface area contributed by atoms with E-state index in [1.54, 1.807) is 20.1 Å². The number of rotatable bonds is 4. The van der Waals surface area contributed by atoms with Crippen molar-refractivity contribution in [3.05, 3.63) is 17.5 Å². The van der Waals surface area contributed by atoms with Gasteiger partial charge in [0.15, 0.2) is 0 Å². The molecule has 1 aromatic heterocycles. The van der Waals surface area contributed by atoms with E-state index in [-0.39, 0.29) is 29.7 Å². The van der Waals surface area contributed by atoms with Crippen molar-refractivity contribution in [2.75, 3.05) is 20.3 Å². The highest BCUT2D eigenvalue weighted by atomic mass is 16.5. The lowest BCUT2D eigenvalue weighted by atomic mass is 9.67. The molecule has 0 unspecified atom stereocenters. The molecule has 0 aromatic carbocycles. The van der Waals surface area contributed by atoms with Gasteiger partial charge in [0.2, 0.25) is 5.76 Å². The third kappa shape index (κ3) is 2.15. The van der Waals surface area contributed by atoms with Crippen LogP contribution in [-0.2, 0) is 9.47 Å². The first-order chi connectivity index (χ1) is 9.20. The van der Waals surface area contributed by atoms with E-state index in [0.717, 1.165) is 13.0 Å². The predicted molar refractivity (Wildman–Crippen MR) is 65.7 cm³/mol. The minimum absolute atomic E-state index is 0.102. The second kappa shape index (κ2) is 4.94. The fourth-order valence-corrected chi connectivity index (χ4v) is 3.13. The molecule has 0 radical (unpaired) electrons. The number of nitrogens with zero attached hydrogens (tertiary/aromatic N) is 1. The van der Waals surface area contributed by atoms with Gasteiger partial charge in [0, 0.05) is 37.7 Å². The van der Waals surface area contributed by atoms with Crippen molar-refractivity contribution >= 4 is 5.91 Å². The van der Waals surface area contributed by atoms with Crippen molar-refractivity contribution in [3.63, 3.8) is 0 Å². The van der Waals surface area contributed by atoms with Crippen LogP contribution in [0.4, 0.5) is 0 Å². The average molecular weight is 266 g/mol. The molecule has 2 fully saturated rings. The Morgan fingerprint density at radius 1 is 1.63 bits per heavy atom. The number of amides is 1. The molecule has 1 N–H and O–H groups in total. The molecule has 0 spiro atoms. The van der Waals surface area contributed by atoms with E-state index in [1.165, 1.54) is 0 Å². The van der Waals surface area contributed by atoms with Crippen LogP contribution in [0.5, 0.6) is 0 Å². The van der Waals surface area contributed by atoms with Gasteiger partial charge in [-0.1, -0.05) is 5.16 Å². The van der Waals surface area contributed by atoms with Crippen LogP contribution in [0, 0.1) is 18.8 Å². The summed E-state index contributed by atoms with van der Waals surface area (Å²) in [5, 5.41) is 6.75. The van der Waals surface area contributed by atoms with E-state index in [2.05, 4.69) is 10.5 Å². The number of fused-ring (bicyclic) bond motifs is 1. The molecule has 2 heterocycles. The monoisotopic (exact) mass is 266 g/mol. The molecule has 1 aromatic rings. The second-order valence-electron chi connectivity index (χ2n) is 5.24. The summed E-state index contributed by atoms with van der Waals surface area (Å²) >= 11 is 0. The summed E-state index contributed by atoms with van der Waals surface area (Å²) in [4.78, 5) is 12.1. The van der Waals surface area contributed by atoms with Crippen LogP contribution in [0.3, 0.4) is 0 Å². The second-order valence-corrected chi connectivity index (χ2v) is 5.24. The van der Waals surface area contributed by atoms with Crippen LogP contribution in [0.1, 0.15) is 22.7 Å². The maximum Gasteiger partial charge on any atom is 0.290 e. The first-order valence-electron chi connectivity index (χ1n) is 6.55. The smallest absolute Gasteiger partial charge is 0.290 e. The Morgan fingerprint density at radius 2 is 2.47 bits per heavy atom. The topological polar surface area (TPSA) is 73.6 Å². The number of hydrogen-bond acceptors (Lipinski definition) is 5. The quantitative estimate of drug-likeness (QED) is 0.871. The van der Waals surface area contributed by atoms with Crippen molar-refractivity contribution in [2.45, 2.75) is 25.5 Å². The van der Waals surface area contributed by atoms with Gasteiger partial charge in [-0.15, -0.1) is 0 Å². The fourth-order valence-electron chi connectivity index (χ4n) is 3.13. The van der Waals surface area contributed by atoms with Crippen LogP contribution in [0.15, 0.2) is 10.6 Å². The Kier molecular flexibility index (Phi) is 3.28. The van der Waals surface area contributed by atoms with Crippen molar-refractivity contribution < 1.29 is 18.8 Å². The molecule has 1 aliphatic heterocycles. The zero-order chi connectivity index (χ0) is 13.4. The number of carbonyl (C=O) groups is 1. The standard InChI is InChI=1S/C13H18N2O4/c1-7-5-10(19-15-7)13(16)14-11-8-3-4-18-12(8)9(11)6-17-2/h5,8-9,11-12H,3-4,6H2,1-2H3,(H,14,16)/t8-,9-,11-,12-/m0/s1. The van der Waals surface area contributed by atoms with Gasteiger partial charge in [-0.2, -0.15) is 0 Å². The molecule has 1 amide bonds. The summed E-state index contributed by atoms with van der Waals surface area (Å²) in [6.45, 7) is 3.16. The number of methoxy groups -OCH3 is 1. The van der Waals surface area contributed by atoms with E-state index >= 15 is 0 Å². The van der Waals surface area contributed by atoms with Gasteiger partial charge in [0.25, 0.3) is 5.91 Å². The third-order valence-electron chi connectivity index (χ3n) is 4.04. The van der Waals surface area contributed by atoms with E-state index in [4.69, 9.17) is 14.0 Å². The normalized spacial score (nSPS) is 32.7. The number of carbonyl (C=O) groups excluding carboxylic acids is 1. The Hall–Kier alpha value is -1.40. The summed E-state index contributed by atoms with van der Waals surface area (Å²) < 4.78 is 15.9. The van der Waals surface area contributed by atoms with Gasteiger partial charge in [-0.25, -0.2) is 0 Å². The molecule has 104 valence electrons. The van der Waals surface area contributed by atoms with Gasteiger partial charge < -0.3 is 19.3 Å². The molecule has 1 aliphatic carbocycles. The Bertz CT molecular complexity index is 473. The van der Waals surface area contributed by atoms with Crippen LogP contribution in [0.2, 0.25) is 0 Å². The van der Waals surface area contributed by atoms with Gasteiger partial charge in [-0.05, 0) is 13.3 Å². The van der Waals surface area contributed by atoms with Gasteiger partial charge in [0.05, 0.1) is 18.4 Å². The van der Waals surface area contributed by atoms with Gasteiger partial charge in [-0.3, -0.25) is 4.79 Å². The van der Waals surface area contributed by atoms with Crippen molar-refractivity contribution in [1.82, 2.24) is 10.5 Å².